The number of nitrogens with one attached hydrogen (secondary N) is 1. The Bertz CT molecular complexity index is 1460. The van der Waals surface area contributed by atoms with E-state index in [1.807, 2.05) is 48.5 Å². The quantitative estimate of drug-likeness (QED) is 0.348. The van der Waals surface area contributed by atoms with Crippen LogP contribution in [-0.2, 0) is 22.6 Å². The van der Waals surface area contributed by atoms with E-state index in [4.69, 9.17) is 26.6 Å². The summed E-state index contributed by atoms with van der Waals surface area (Å²) in [5.74, 6) is -2.04. The highest BCUT2D eigenvalue weighted by Crippen LogP contribution is 2.24. The lowest BCUT2D eigenvalue weighted by Gasteiger charge is -2.26. The lowest BCUT2D eigenvalue weighted by Crippen LogP contribution is -2.44. The number of aromatic nitrogens is 2. The summed E-state index contributed by atoms with van der Waals surface area (Å²) in [6.07, 6.45) is 3.86. The summed E-state index contributed by atoms with van der Waals surface area (Å²) in [7, 11) is 0. The highest BCUT2D eigenvalue weighted by Gasteiger charge is 2.38. The predicted octanol–water partition coefficient (Wildman–Crippen LogP) is 5.43. The van der Waals surface area contributed by atoms with Gasteiger partial charge in [-0.05, 0) is 61.9 Å². The first-order chi connectivity index (χ1) is 20.5. The van der Waals surface area contributed by atoms with Crippen molar-refractivity contribution in [2.24, 2.45) is 5.92 Å². The molecule has 12 heteroatoms. The van der Waals surface area contributed by atoms with Crippen LogP contribution in [0.3, 0.4) is 0 Å². The van der Waals surface area contributed by atoms with E-state index in [2.05, 4.69) is 10.2 Å². The topological polar surface area (TPSA) is 105 Å². The van der Waals surface area contributed by atoms with Crippen molar-refractivity contribution in [2.75, 3.05) is 19.6 Å². The van der Waals surface area contributed by atoms with Crippen LogP contribution in [0.5, 0.6) is 0 Å². The Morgan fingerprint density at radius 2 is 1.63 bits per heavy atom. The number of carboxylic acids is 1. The van der Waals surface area contributed by atoms with Gasteiger partial charge in [-0.2, -0.15) is 18.3 Å². The van der Waals surface area contributed by atoms with Gasteiger partial charge in [-0.3, -0.25) is 14.5 Å². The number of likely N-dealkylation sites (tertiary alicyclic amines) is 1. The lowest BCUT2D eigenvalue weighted by molar-refractivity contribution is -0.192. The first-order valence-electron chi connectivity index (χ1n) is 14.6. The molecule has 3 aromatic rings. The molecule has 2 fully saturated rings. The normalized spacial score (nSPS) is 17.8. The van der Waals surface area contributed by atoms with E-state index in [1.54, 1.807) is 4.68 Å². The third-order valence-electron chi connectivity index (χ3n) is 8.01. The first-order valence-corrected chi connectivity index (χ1v) is 14.9. The molecular formula is C31H36ClF3N4O4. The molecule has 5 rings (SSSR count). The fourth-order valence-corrected chi connectivity index (χ4v) is 5.88. The van der Waals surface area contributed by atoms with Gasteiger partial charge < -0.3 is 10.4 Å². The molecule has 1 aliphatic heterocycles. The van der Waals surface area contributed by atoms with Gasteiger partial charge in [-0.25, -0.2) is 9.48 Å². The molecule has 2 aliphatic rings. The van der Waals surface area contributed by atoms with Crippen LogP contribution in [0.4, 0.5) is 13.2 Å². The molecule has 1 amide bonds. The zero-order chi connectivity index (χ0) is 31.0. The van der Waals surface area contributed by atoms with E-state index in [9.17, 15) is 22.8 Å². The number of amides is 1. The maximum atomic E-state index is 13.4. The molecule has 1 unspecified atom stereocenters. The van der Waals surface area contributed by atoms with Crippen LogP contribution >= 0.6 is 11.6 Å². The average Bonchev–Trinajstić information content (AvgIpc) is 3.42. The summed E-state index contributed by atoms with van der Waals surface area (Å²) in [6.45, 7) is 2.54. The second-order valence-corrected chi connectivity index (χ2v) is 11.6. The summed E-state index contributed by atoms with van der Waals surface area (Å²) in [5, 5.41) is 17.4. The van der Waals surface area contributed by atoms with Crippen molar-refractivity contribution in [1.29, 1.82) is 0 Å². The number of hydrogen-bond acceptors (Lipinski definition) is 5. The van der Waals surface area contributed by atoms with Gasteiger partial charge in [0.15, 0.2) is 0 Å². The Morgan fingerprint density at radius 3 is 2.28 bits per heavy atom. The number of aliphatic carboxylic acids is 1. The average molecular weight is 621 g/mol. The highest BCUT2D eigenvalue weighted by atomic mass is 35.5. The van der Waals surface area contributed by atoms with Crippen molar-refractivity contribution < 1.29 is 27.9 Å². The van der Waals surface area contributed by atoms with Crippen LogP contribution < -0.4 is 10.9 Å². The van der Waals surface area contributed by atoms with E-state index in [-0.39, 0.29) is 17.5 Å². The van der Waals surface area contributed by atoms with E-state index < -0.39 is 12.1 Å². The highest BCUT2D eigenvalue weighted by molar-refractivity contribution is 6.30. The Kier molecular flexibility index (Phi) is 11.2. The van der Waals surface area contributed by atoms with Crippen molar-refractivity contribution in [3.8, 4) is 0 Å². The Hall–Kier alpha value is -3.44. The van der Waals surface area contributed by atoms with Crippen LogP contribution in [0, 0.1) is 5.92 Å². The van der Waals surface area contributed by atoms with Gasteiger partial charge in [0.2, 0.25) is 5.91 Å². The Morgan fingerprint density at radius 1 is 0.977 bits per heavy atom. The minimum absolute atomic E-state index is 0.0703. The maximum Gasteiger partial charge on any atom is 0.490 e. The van der Waals surface area contributed by atoms with Crippen molar-refractivity contribution in [3.05, 3.63) is 75.2 Å². The molecule has 2 heterocycles. The van der Waals surface area contributed by atoms with Gasteiger partial charge in [0.25, 0.3) is 5.56 Å². The third kappa shape index (κ3) is 9.27. The number of halogens is 4. The number of carbonyl (C=O) groups excluding carboxylic acids is 1. The van der Waals surface area contributed by atoms with Crippen molar-refractivity contribution in [2.45, 2.75) is 70.1 Å². The summed E-state index contributed by atoms with van der Waals surface area (Å²) in [5.41, 5.74) is 1.90. The van der Waals surface area contributed by atoms with E-state index in [1.165, 1.54) is 32.1 Å². The number of alkyl halides is 3. The summed E-state index contributed by atoms with van der Waals surface area (Å²) < 4.78 is 33.4. The van der Waals surface area contributed by atoms with Crippen molar-refractivity contribution >= 4 is 34.2 Å². The summed E-state index contributed by atoms with van der Waals surface area (Å²) in [6, 6.07) is 15.6. The largest absolute Gasteiger partial charge is 0.490 e. The molecular weight excluding hydrogens is 585 g/mol. The van der Waals surface area contributed by atoms with E-state index in [0.717, 1.165) is 42.6 Å². The van der Waals surface area contributed by atoms with Gasteiger partial charge >= 0.3 is 12.1 Å². The number of fused-ring (bicyclic) bond motifs is 1. The lowest BCUT2D eigenvalue weighted by atomic mass is 9.89. The predicted molar refractivity (Wildman–Crippen MR) is 158 cm³/mol. The Balaban J connectivity index is 0.000000541. The number of rotatable bonds is 8. The van der Waals surface area contributed by atoms with Crippen LogP contribution in [0.25, 0.3) is 10.8 Å². The second-order valence-electron chi connectivity index (χ2n) is 11.2. The number of carbonyl (C=O) groups is 2. The number of hydrogen-bond donors (Lipinski definition) is 2. The fourth-order valence-electron chi connectivity index (χ4n) is 5.75. The monoisotopic (exact) mass is 620 g/mol. The molecule has 1 saturated heterocycles. The summed E-state index contributed by atoms with van der Waals surface area (Å²) in [4.78, 5) is 37.2. The molecule has 1 saturated carbocycles. The SMILES string of the molecule is O=C(CN1CCCC1Cn1nc(Cc2ccc(Cl)cc2)c2ccccc2c1=O)NCC1CCCCC1.O=C(O)C(F)(F)F. The standard InChI is InChI=1S/C29H35ClN4O2.C2HF3O2/c30-23-14-12-21(13-15-23)17-27-25-10-4-5-11-26(25)29(36)34(32-27)19-24-9-6-16-33(24)20-28(35)31-18-22-7-2-1-3-8-22;3-2(4,5)1(6)7/h4-5,10-15,22,24H,1-3,6-9,16-20H2,(H,31,35);(H,6,7). The maximum absolute atomic E-state index is 13.4. The molecule has 232 valence electrons. The number of benzene rings is 2. The molecule has 2 aromatic carbocycles. The third-order valence-corrected chi connectivity index (χ3v) is 8.27. The zero-order valence-electron chi connectivity index (χ0n) is 23.8. The minimum atomic E-state index is -5.08. The molecule has 2 N–H and O–H groups in total. The Labute approximate surface area is 252 Å². The minimum Gasteiger partial charge on any atom is -0.475 e. The second kappa shape index (κ2) is 14.8. The molecule has 0 radical (unpaired) electrons. The molecule has 1 atom stereocenters. The van der Waals surface area contributed by atoms with Crippen LogP contribution in [0.2, 0.25) is 5.02 Å². The van der Waals surface area contributed by atoms with Gasteiger partial charge in [-0.1, -0.05) is 61.2 Å². The van der Waals surface area contributed by atoms with Gasteiger partial charge in [0, 0.05) is 29.4 Å². The fraction of sp³-hybridized carbons (Fsp3) is 0.484. The van der Waals surface area contributed by atoms with Gasteiger partial charge in [0.05, 0.1) is 24.2 Å². The van der Waals surface area contributed by atoms with Crippen molar-refractivity contribution in [3.63, 3.8) is 0 Å². The van der Waals surface area contributed by atoms with Gasteiger partial charge in [0.1, 0.15) is 0 Å². The van der Waals surface area contributed by atoms with Gasteiger partial charge in [-0.15, -0.1) is 0 Å². The smallest absolute Gasteiger partial charge is 0.475 e. The van der Waals surface area contributed by atoms with Crippen LogP contribution in [0.1, 0.15) is 56.2 Å². The molecule has 0 spiro atoms. The number of carboxylic acid groups (broad SMARTS) is 1. The van der Waals surface area contributed by atoms with Crippen LogP contribution in [-0.4, -0.2) is 63.5 Å². The number of nitrogens with zero attached hydrogens (tertiary/aromatic N) is 3. The van der Waals surface area contributed by atoms with E-state index >= 15 is 0 Å². The van der Waals surface area contributed by atoms with Crippen molar-refractivity contribution in [1.82, 2.24) is 20.0 Å². The molecule has 43 heavy (non-hydrogen) atoms. The molecule has 8 nitrogen and oxygen atoms in total. The van der Waals surface area contributed by atoms with E-state index in [0.29, 0.717) is 35.8 Å². The van der Waals surface area contributed by atoms with Crippen LogP contribution in [0.15, 0.2) is 53.3 Å². The molecule has 1 aliphatic carbocycles. The molecule has 0 bridgehead atoms. The zero-order valence-corrected chi connectivity index (χ0v) is 24.5. The first kappa shape index (κ1) is 32.5. The summed E-state index contributed by atoms with van der Waals surface area (Å²) >= 11 is 6.07. The molecule has 1 aromatic heterocycles.